The smallest absolute Gasteiger partial charge is 0.114 e. The van der Waals surface area contributed by atoms with Crippen LogP contribution in [0.1, 0.15) is 0 Å². The summed E-state index contributed by atoms with van der Waals surface area (Å²) in [7, 11) is 0. The number of hydrogen-bond acceptors (Lipinski definition) is 3. The second-order valence-electron chi connectivity index (χ2n) is 10.4. The number of hydrogen-bond donors (Lipinski definition) is 0. The van der Waals surface area contributed by atoms with Gasteiger partial charge in [0, 0.05) is 31.9 Å². The van der Waals surface area contributed by atoms with Gasteiger partial charge in [-0.25, -0.2) is 0 Å². The Bertz CT molecular complexity index is 2410. The van der Waals surface area contributed by atoms with Gasteiger partial charge in [-0.2, -0.15) is 4.80 Å². The quantitative estimate of drug-likeness (QED) is 0.223. The number of thiophene rings is 1. The summed E-state index contributed by atoms with van der Waals surface area (Å²) in [6.07, 6.45) is 0. The van der Waals surface area contributed by atoms with Crippen LogP contribution in [0.2, 0.25) is 0 Å². The van der Waals surface area contributed by atoms with Gasteiger partial charge in [0.25, 0.3) is 0 Å². The summed E-state index contributed by atoms with van der Waals surface area (Å²) in [5.41, 5.74) is 8.64. The highest BCUT2D eigenvalue weighted by atomic mass is 32.1. The zero-order valence-corrected chi connectivity index (χ0v) is 22.7. The fourth-order valence-corrected chi connectivity index (χ4v) is 7.31. The summed E-state index contributed by atoms with van der Waals surface area (Å²) in [5.74, 6) is 0. The van der Waals surface area contributed by atoms with Gasteiger partial charge >= 0.3 is 0 Å². The molecule has 0 spiro atoms. The second-order valence-corrected chi connectivity index (χ2v) is 11.4. The van der Waals surface area contributed by atoms with Crippen molar-refractivity contribution < 1.29 is 0 Å². The highest BCUT2D eigenvalue weighted by Crippen LogP contribution is 2.43. The molecular weight excluding hydrogens is 520 g/mol. The van der Waals surface area contributed by atoms with Crippen molar-refractivity contribution >= 4 is 64.3 Å². The van der Waals surface area contributed by atoms with Crippen molar-refractivity contribution in [2.45, 2.75) is 0 Å². The zero-order chi connectivity index (χ0) is 26.9. The van der Waals surface area contributed by atoms with Crippen LogP contribution in [0.4, 0.5) is 0 Å². The number of para-hydroxylation sites is 2. The fraction of sp³-hybridized carbons (Fsp3) is 0. The summed E-state index contributed by atoms with van der Waals surface area (Å²) in [4.78, 5) is 1.70. The SMILES string of the molecule is c1ccc(-n2nc3ccc(-c4ccc(-n5c6ccccc6c6ccc7c8ccccc8sc7c65)cc4)cc3n2)cc1. The lowest BCUT2D eigenvalue weighted by molar-refractivity contribution is 0.766. The molecule has 4 nitrogen and oxygen atoms in total. The third-order valence-corrected chi connectivity index (χ3v) is 9.20. The maximum absolute atomic E-state index is 4.75. The fourth-order valence-electron chi connectivity index (χ4n) is 6.07. The van der Waals surface area contributed by atoms with Crippen molar-refractivity contribution in [1.29, 1.82) is 0 Å². The Morgan fingerprint density at radius 2 is 1.20 bits per heavy atom. The van der Waals surface area contributed by atoms with Gasteiger partial charge in [-0.1, -0.05) is 84.9 Å². The van der Waals surface area contributed by atoms with Gasteiger partial charge in [0.05, 0.1) is 21.4 Å². The molecule has 0 N–H and O–H groups in total. The summed E-state index contributed by atoms with van der Waals surface area (Å²) in [6.45, 7) is 0. The maximum Gasteiger partial charge on any atom is 0.114 e. The first-order chi connectivity index (χ1) is 20.3. The van der Waals surface area contributed by atoms with E-state index in [2.05, 4.69) is 113 Å². The molecule has 3 aromatic heterocycles. The predicted molar refractivity (Wildman–Crippen MR) is 172 cm³/mol. The molecule has 0 bridgehead atoms. The van der Waals surface area contributed by atoms with Crippen LogP contribution < -0.4 is 0 Å². The summed E-state index contributed by atoms with van der Waals surface area (Å²) >= 11 is 1.88. The number of benzene rings is 6. The summed E-state index contributed by atoms with van der Waals surface area (Å²) in [5, 5.41) is 14.6. The monoisotopic (exact) mass is 542 g/mol. The Hall–Kier alpha value is -5.26. The number of aromatic nitrogens is 4. The Morgan fingerprint density at radius 1 is 0.488 bits per heavy atom. The molecule has 0 aliphatic rings. The summed E-state index contributed by atoms with van der Waals surface area (Å²) in [6, 6.07) is 47.3. The first-order valence-corrected chi connectivity index (χ1v) is 14.5. The zero-order valence-electron chi connectivity index (χ0n) is 21.9. The molecule has 0 atom stereocenters. The average Bonchev–Trinajstić information content (AvgIpc) is 3.73. The standard InChI is InChI=1S/C36H22N4S/c1-2-8-26(9-3-1)40-37-31-21-16-24(22-32(31)38-40)23-14-17-25(18-15-23)39-33-12-6-4-10-27(33)29-19-20-30-28-11-5-7-13-34(28)41-36(30)35(29)39/h1-22H. The normalized spacial score (nSPS) is 11.9. The van der Waals surface area contributed by atoms with E-state index in [1.807, 2.05) is 41.7 Å². The van der Waals surface area contributed by atoms with Gasteiger partial charge in [-0.3, -0.25) is 0 Å². The van der Waals surface area contributed by atoms with Gasteiger partial charge in [-0.15, -0.1) is 21.5 Å². The lowest BCUT2D eigenvalue weighted by atomic mass is 10.0. The Labute approximate surface area is 239 Å². The van der Waals surface area contributed by atoms with Crippen LogP contribution in [0.3, 0.4) is 0 Å². The number of rotatable bonds is 3. The van der Waals surface area contributed by atoms with Crippen LogP contribution in [0.5, 0.6) is 0 Å². The van der Waals surface area contributed by atoms with Crippen LogP contribution in [0, 0.1) is 0 Å². The third-order valence-electron chi connectivity index (χ3n) is 8.01. The van der Waals surface area contributed by atoms with Crippen LogP contribution >= 0.6 is 11.3 Å². The van der Waals surface area contributed by atoms with E-state index in [1.54, 1.807) is 4.80 Å². The molecule has 0 aliphatic carbocycles. The lowest BCUT2D eigenvalue weighted by Crippen LogP contribution is -1.97. The molecule has 6 aromatic carbocycles. The van der Waals surface area contributed by atoms with Gasteiger partial charge in [0.2, 0.25) is 0 Å². The molecule has 0 amide bonds. The molecule has 0 aliphatic heterocycles. The largest absolute Gasteiger partial charge is 0.308 e. The minimum absolute atomic E-state index is 0.880. The van der Waals surface area contributed by atoms with E-state index >= 15 is 0 Å². The van der Waals surface area contributed by atoms with Gasteiger partial charge in [0.15, 0.2) is 0 Å². The van der Waals surface area contributed by atoms with Gasteiger partial charge in [-0.05, 0) is 59.7 Å². The minimum atomic E-state index is 0.880. The van der Waals surface area contributed by atoms with Crippen molar-refractivity contribution in [3.8, 4) is 22.5 Å². The molecule has 9 aromatic rings. The second kappa shape index (κ2) is 8.62. The van der Waals surface area contributed by atoms with Crippen molar-refractivity contribution in [3.63, 3.8) is 0 Å². The van der Waals surface area contributed by atoms with Crippen molar-refractivity contribution in [1.82, 2.24) is 19.6 Å². The number of nitrogens with zero attached hydrogens (tertiary/aromatic N) is 4. The molecule has 0 fully saturated rings. The van der Waals surface area contributed by atoms with E-state index in [1.165, 1.54) is 42.0 Å². The highest BCUT2D eigenvalue weighted by Gasteiger charge is 2.17. The van der Waals surface area contributed by atoms with Crippen LogP contribution in [-0.4, -0.2) is 19.6 Å². The molecule has 41 heavy (non-hydrogen) atoms. The number of fused-ring (bicyclic) bond motifs is 8. The highest BCUT2D eigenvalue weighted by molar-refractivity contribution is 7.26. The first-order valence-electron chi connectivity index (χ1n) is 13.7. The third kappa shape index (κ3) is 3.39. The molecule has 0 unspecified atom stereocenters. The van der Waals surface area contributed by atoms with Crippen molar-refractivity contribution in [3.05, 3.63) is 133 Å². The first kappa shape index (κ1) is 22.5. The molecule has 0 saturated carbocycles. The van der Waals surface area contributed by atoms with E-state index < -0.39 is 0 Å². The predicted octanol–water partition coefficient (Wildman–Crippen LogP) is 9.55. The molecule has 5 heteroatoms. The van der Waals surface area contributed by atoms with E-state index in [0.717, 1.165) is 33.5 Å². The summed E-state index contributed by atoms with van der Waals surface area (Å²) < 4.78 is 5.08. The van der Waals surface area contributed by atoms with Crippen LogP contribution in [-0.2, 0) is 0 Å². The van der Waals surface area contributed by atoms with Gasteiger partial charge < -0.3 is 4.57 Å². The van der Waals surface area contributed by atoms with Gasteiger partial charge in [0.1, 0.15) is 11.0 Å². The minimum Gasteiger partial charge on any atom is -0.308 e. The van der Waals surface area contributed by atoms with Crippen LogP contribution in [0.25, 0.3) is 75.5 Å². The molecule has 192 valence electrons. The topological polar surface area (TPSA) is 35.6 Å². The molecule has 0 saturated heterocycles. The molecule has 3 heterocycles. The maximum atomic E-state index is 4.75. The van der Waals surface area contributed by atoms with E-state index in [-0.39, 0.29) is 0 Å². The van der Waals surface area contributed by atoms with E-state index in [9.17, 15) is 0 Å². The van der Waals surface area contributed by atoms with E-state index in [0.29, 0.717) is 0 Å². The van der Waals surface area contributed by atoms with Crippen molar-refractivity contribution in [2.24, 2.45) is 0 Å². The molecule has 0 radical (unpaired) electrons. The van der Waals surface area contributed by atoms with Crippen molar-refractivity contribution in [2.75, 3.05) is 0 Å². The Morgan fingerprint density at radius 3 is 2.07 bits per heavy atom. The molecular formula is C36H22N4S. The van der Waals surface area contributed by atoms with E-state index in [4.69, 9.17) is 5.10 Å². The lowest BCUT2D eigenvalue weighted by Gasteiger charge is -2.10. The Balaban J connectivity index is 1.20. The Kier molecular flexibility index (Phi) is 4.74. The average molecular weight is 543 g/mol. The van der Waals surface area contributed by atoms with Crippen LogP contribution in [0.15, 0.2) is 133 Å². The molecule has 9 rings (SSSR count).